The summed E-state index contributed by atoms with van der Waals surface area (Å²) in [6, 6.07) is 5.57. The Kier molecular flexibility index (Phi) is 9.33. The van der Waals surface area contributed by atoms with Crippen LogP contribution in [0.15, 0.2) is 52.9 Å². The maximum Gasteiger partial charge on any atom is 0.308 e. The number of cyclic esters (lactones) is 1. The molecular weight excluding hydrogens is 546 g/mol. The lowest BCUT2D eigenvalue weighted by Crippen LogP contribution is -2.41. The third-order valence-electron chi connectivity index (χ3n) is 7.59. The number of ether oxygens (including phenoxy) is 1. The van der Waals surface area contributed by atoms with Gasteiger partial charge in [0.05, 0.1) is 18.2 Å². The van der Waals surface area contributed by atoms with E-state index in [2.05, 4.69) is 0 Å². The van der Waals surface area contributed by atoms with Gasteiger partial charge in [0.2, 0.25) is 0 Å². The Balaban J connectivity index is 1.91. The predicted octanol–water partition coefficient (Wildman–Crippen LogP) is 2.57. The van der Waals surface area contributed by atoms with Crippen LogP contribution in [0.4, 0.5) is 0 Å². The van der Waals surface area contributed by atoms with Crippen LogP contribution in [-0.2, 0) is 14.3 Å². The fourth-order valence-corrected chi connectivity index (χ4v) is 5.28. The lowest BCUT2D eigenvalue weighted by atomic mass is 9.83. The standard InChI is InChI=1S/C31H35NO10/c1-4-18(15-33)13-16(2)5-11-22(36)27-29(39)25(19-7-9-20(34)10-8-19)28-26-21(35)12-6-17(3)41-24(38)14-23(37)30(26)42-32(28)31(27)40/h5,7-11,13,17-18,23,26,30,33-34,37,39H,4,6,12,14-15H2,1-3H3/b11-5+,16-13+/t17-,18-,23+,26+,30+/m0/s1. The molecule has 1 aromatic carbocycles. The Labute approximate surface area is 242 Å². The normalized spacial score (nSPS) is 23.6. The van der Waals surface area contributed by atoms with E-state index < -0.39 is 65.1 Å². The van der Waals surface area contributed by atoms with E-state index in [4.69, 9.17) is 9.57 Å². The van der Waals surface area contributed by atoms with Gasteiger partial charge >= 0.3 is 5.97 Å². The van der Waals surface area contributed by atoms with Gasteiger partial charge in [-0.15, -0.1) is 4.73 Å². The molecule has 224 valence electrons. The first kappa shape index (κ1) is 30.7. The predicted molar refractivity (Wildman–Crippen MR) is 151 cm³/mol. The number of allylic oxidation sites excluding steroid dienone is 3. The zero-order valence-corrected chi connectivity index (χ0v) is 23.6. The van der Waals surface area contributed by atoms with Gasteiger partial charge in [0.15, 0.2) is 11.9 Å². The molecule has 0 amide bonds. The average Bonchev–Trinajstić information content (AvgIpc) is 3.35. The second kappa shape index (κ2) is 12.7. The molecule has 0 spiro atoms. The van der Waals surface area contributed by atoms with Crippen molar-refractivity contribution < 1.29 is 44.4 Å². The number of ketones is 2. The van der Waals surface area contributed by atoms with Crippen LogP contribution in [0.2, 0.25) is 0 Å². The van der Waals surface area contributed by atoms with Crippen LogP contribution >= 0.6 is 0 Å². The summed E-state index contributed by atoms with van der Waals surface area (Å²) in [4.78, 5) is 58.8. The van der Waals surface area contributed by atoms with E-state index in [-0.39, 0.29) is 47.9 Å². The number of carbonyl (C=O) groups excluding carboxylic acids is 3. The highest BCUT2D eigenvalue weighted by molar-refractivity contribution is 6.08. The Morgan fingerprint density at radius 2 is 1.83 bits per heavy atom. The van der Waals surface area contributed by atoms with E-state index in [1.165, 1.54) is 30.3 Å². The van der Waals surface area contributed by atoms with Crippen molar-refractivity contribution in [2.75, 3.05) is 6.61 Å². The Morgan fingerprint density at radius 1 is 1.14 bits per heavy atom. The third-order valence-corrected chi connectivity index (χ3v) is 7.59. The summed E-state index contributed by atoms with van der Waals surface area (Å²) in [6.45, 7) is 5.19. The summed E-state index contributed by atoms with van der Waals surface area (Å²) in [5.41, 5.74) is -0.858. The molecule has 0 saturated carbocycles. The number of pyridine rings is 1. The van der Waals surface area contributed by atoms with E-state index in [0.29, 0.717) is 12.0 Å². The van der Waals surface area contributed by atoms with E-state index in [9.17, 15) is 39.6 Å². The number of fused-ring (bicyclic) bond motifs is 3. The first-order chi connectivity index (χ1) is 20.0. The molecule has 1 saturated heterocycles. The van der Waals surface area contributed by atoms with Crippen LogP contribution in [0.5, 0.6) is 11.5 Å². The third kappa shape index (κ3) is 6.17. The van der Waals surface area contributed by atoms with Gasteiger partial charge < -0.3 is 30.0 Å². The number of aliphatic hydroxyl groups is 2. The van der Waals surface area contributed by atoms with Crippen LogP contribution in [-0.4, -0.2) is 67.6 Å². The number of nitrogens with zero attached hydrogens (tertiary/aromatic N) is 1. The van der Waals surface area contributed by atoms with Crippen molar-refractivity contribution in [3.63, 3.8) is 0 Å². The minimum atomic E-state index is -1.55. The van der Waals surface area contributed by atoms with Crippen LogP contribution in [0.1, 0.15) is 68.4 Å². The minimum absolute atomic E-state index is 0.0503. The van der Waals surface area contributed by atoms with Crippen molar-refractivity contribution >= 4 is 17.5 Å². The minimum Gasteiger partial charge on any atom is -0.508 e. The van der Waals surface area contributed by atoms with Crippen LogP contribution in [0.3, 0.4) is 0 Å². The molecule has 4 rings (SSSR count). The van der Waals surface area contributed by atoms with Gasteiger partial charge in [-0.1, -0.05) is 36.8 Å². The van der Waals surface area contributed by atoms with Gasteiger partial charge in [0, 0.05) is 24.5 Å². The molecule has 5 atom stereocenters. The number of rotatable bonds is 7. The molecule has 3 heterocycles. The molecule has 11 heteroatoms. The second-order valence-corrected chi connectivity index (χ2v) is 10.7. The number of aromatic hydroxyl groups is 2. The van der Waals surface area contributed by atoms with Gasteiger partial charge in [-0.05, 0) is 50.5 Å². The summed E-state index contributed by atoms with van der Waals surface area (Å²) in [6.07, 6.45) is 1.14. The number of benzene rings is 1. The molecule has 0 radical (unpaired) electrons. The largest absolute Gasteiger partial charge is 0.508 e. The van der Waals surface area contributed by atoms with Crippen molar-refractivity contribution in [2.24, 2.45) is 5.92 Å². The molecule has 1 fully saturated rings. The fourth-order valence-electron chi connectivity index (χ4n) is 5.28. The summed E-state index contributed by atoms with van der Waals surface area (Å²) in [5.74, 6) is -4.10. The topological polar surface area (TPSA) is 173 Å². The van der Waals surface area contributed by atoms with E-state index >= 15 is 0 Å². The SMILES string of the molecule is CC[C@@H](/C=C(C)/C=C/C(=O)c1c(O)c(-c2ccc(O)cc2)c2n(c1=O)O[C@@H]1[C@H](O)CC(=O)O[C@@H](C)CCC(=O)[C@H]21)CO. The van der Waals surface area contributed by atoms with Crippen molar-refractivity contribution in [1.82, 2.24) is 4.73 Å². The van der Waals surface area contributed by atoms with Gasteiger partial charge in [0.25, 0.3) is 5.56 Å². The first-order valence-corrected chi connectivity index (χ1v) is 13.9. The second-order valence-electron chi connectivity index (χ2n) is 10.7. The van der Waals surface area contributed by atoms with Crippen LogP contribution in [0.25, 0.3) is 11.1 Å². The summed E-state index contributed by atoms with van der Waals surface area (Å²) in [7, 11) is 0. The molecule has 42 heavy (non-hydrogen) atoms. The van der Waals surface area contributed by atoms with E-state index in [1.54, 1.807) is 19.9 Å². The quantitative estimate of drug-likeness (QED) is 0.165. The van der Waals surface area contributed by atoms with Gasteiger partial charge in [-0.2, -0.15) is 0 Å². The van der Waals surface area contributed by atoms with E-state index in [0.717, 1.165) is 10.8 Å². The van der Waals surface area contributed by atoms with Gasteiger partial charge in [0.1, 0.15) is 34.9 Å². The molecule has 2 aromatic rings. The molecule has 2 aliphatic rings. The molecule has 2 aliphatic heterocycles. The monoisotopic (exact) mass is 581 g/mol. The summed E-state index contributed by atoms with van der Waals surface area (Å²) in [5, 5.41) is 41.7. The molecule has 0 bridgehead atoms. The number of aromatic nitrogens is 1. The average molecular weight is 582 g/mol. The number of aliphatic hydroxyl groups excluding tert-OH is 2. The highest BCUT2D eigenvalue weighted by Gasteiger charge is 2.48. The zero-order chi connectivity index (χ0) is 30.7. The van der Waals surface area contributed by atoms with E-state index in [1.807, 2.05) is 6.92 Å². The molecule has 1 aromatic heterocycles. The fraction of sp³-hybridized carbons (Fsp3) is 0.419. The van der Waals surface area contributed by atoms with Crippen molar-refractivity contribution in [3.05, 3.63) is 69.7 Å². The van der Waals surface area contributed by atoms with Crippen LogP contribution in [0, 0.1) is 5.92 Å². The lowest BCUT2D eigenvalue weighted by molar-refractivity contribution is -0.155. The molecule has 11 nitrogen and oxygen atoms in total. The number of carbonyl (C=O) groups is 3. The number of phenolic OH excluding ortho intramolecular Hbond substituents is 1. The number of esters is 1. The highest BCUT2D eigenvalue weighted by Crippen LogP contribution is 2.43. The summed E-state index contributed by atoms with van der Waals surface area (Å²) >= 11 is 0. The number of Topliss-reactive ketones (excluding diaryl/α,β-unsaturated/α-hetero) is 1. The highest BCUT2D eigenvalue weighted by atomic mass is 16.7. The van der Waals surface area contributed by atoms with Crippen molar-refractivity contribution in [2.45, 2.75) is 70.7 Å². The van der Waals surface area contributed by atoms with Gasteiger partial charge in [-0.3, -0.25) is 19.2 Å². The molecule has 0 aliphatic carbocycles. The van der Waals surface area contributed by atoms with Gasteiger partial charge in [-0.25, -0.2) is 0 Å². The Bertz CT molecular complexity index is 1480. The molecule has 0 unspecified atom stereocenters. The number of hydrogen-bond donors (Lipinski definition) is 4. The molecular formula is C31H35NO10. The Hall–Kier alpha value is -4.22. The van der Waals surface area contributed by atoms with Crippen molar-refractivity contribution in [3.8, 4) is 22.6 Å². The smallest absolute Gasteiger partial charge is 0.308 e. The van der Waals surface area contributed by atoms with Crippen LogP contribution < -0.4 is 10.4 Å². The first-order valence-electron chi connectivity index (χ1n) is 13.9. The summed E-state index contributed by atoms with van der Waals surface area (Å²) < 4.78 is 5.99. The lowest BCUT2D eigenvalue weighted by Gasteiger charge is -2.24. The maximum atomic E-state index is 13.7. The number of hydrogen-bond acceptors (Lipinski definition) is 10. The zero-order valence-electron chi connectivity index (χ0n) is 23.6. The Morgan fingerprint density at radius 3 is 2.48 bits per heavy atom. The number of phenols is 1. The maximum absolute atomic E-state index is 13.7. The van der Waals surface area contributed by atoms with Crippen molar-refractivity contribution in [1.29, 1.82) is 0 Å². The molecule has 4 N–H and O–H groups in total.